The molecule has 28 heavy (non-hydrogen) atoms. The van der Waals surface area contributed by atoms with Gasteiger partial charge < -0.3 is 10.1 Å². The fraction of sp³-hybridized carbons (Fsp3) is 0.273. The summed E-state index contributed by atoms with van der Waals surface area (Å²) in [5, 5.41) is 7.44. The van der Waals surface area contributed by atoms with Crippen molar-refractivity contribution >= 4 is 23.4 Å². The zero-order valence-corrected chi connectivity index (χ0v) is 17.4. The molecule has 1 atom stereocenters. The molecule has 5 nitrogen and oxygen atoms in total. The minimum absolute atomic E-state index is 0.0290. The lowest BCUT2D eigenvalue weighted by Gasteiger charge is -2.14. The number of amides is 1. The Bertz CT molecular complexity index is 954. The third-order valence-electron chi connectivity index (χ3n) is 4.59. The number of hydrogen-bond donors (Lipinski definition) is 1. The maximum atomic E-state index is 12.7. The number of anilines is 1. The van der Waals surface area contributed by atoms with E-state index in [-0.39, 0.29) is 11.2 Å². The molecular weight excluding hydrogens is 370 g/mol. The van der Waals surface area contributed by atoms with E-state index < -0.39 is 0 Å². The molecule has 2 aromatic carbocycles. The van der Waals surface area contributed by atoms with Crippen LogP contribution < -0.4 is 10.1 Å². The molecule has 0 spiro atoms. The predicted molar refractivity (Wildman–Crippen MR) is 115 cm³/mol. The number of aromatic nitrogens is 2. The summed E-state index contributed by atoms with van der Waals surface area (Å²) in [5.74, 6) is 1.52. The van der Waals surface area contributed by atoms with Gasteiger partial charge in [-0.15, -0.1) is 11.8 Å². The summed E-state index contributed by atoms with van der Waals surface area (Å²) in [5.41, 5.74) is 4.55. The maximum absolute atomic E-state index is 12.7. The molecule has 1 unspecified atom stereocenters. The molecule has 1 aromatic heterocycles. The van der Waals surface area contributed by atoms with Crippen molar-refractivity contribution in [1.82, 2.24) is 9.78 Å². The Balaban J connectivity index is 1.68. The molecule has 0 bridgehead atoms. The molecule has 0 aliphatic rings. The summed E-state index contributed by atoms with van der Waals surface area (Å²) < 4.78 is 7.24. The first-order valence-electron chi connectivity index (χ1n) is 9.17. The monoisotopic (exact) mass is 395 g/mol. The number of aryl methyl sites for hydroxylation is 1. The molecule has 1 heterocycles. The van der Waals surface area contributed by atoms with Crippen LogP contribution in [0.15, 0.2) is 54.6 Å². The molecule has 6 heteroatoms. The normalized spacial score (nSPS) is 11.9. The molecule has 0 aliphatic heterocycles. The average Bonchev–Trinajstić information content (AvgIpc) is 3.01. The number of carbonyl (C=O) groups is 1. The minimum Gasteiger partial charge on any atom is -0.496 e. The topological polar surface area (TPSA) is 56.1 Å². The Morgan fingerprint density at radius 2 is 1.82 bits per heavy atom. The van der Waals surface area contributed by atoms with Gasteiger partial charge in [0, 0.05) is 11.3 Å². The van der Waals surface area contributed by atoms with E-state index in [0.29, 0.717) is 5.75 Å². The minimum atomic E-state index is -0.205. The first-order valence-corrected chi connectivity index (χ1v) is 10.2. The second-order valence-electron chi connectivity index (χ2n) is 6.55. The van der Waals surface area contributed by atoms with Crippen molar-refractivity contribution in [3.63, 3.8) is 0 Å². The third kappa shape index (κ3) is 4.39. The summed E-state index contributed by atoms with van der Waals surface area (Å²) in [7, 11) is 1.66. The largest absolute Gasteiger partial charge is 0.496 e. The van der Waals surface area contributed by atoms with Crippen LogP contribution in [0.3, 0.4) is 0 Å². The van der Waals surface area contributed by atoms with E-state index in [2.05, 4.69) is 10.4 Å². The lowest BCUT2D eigenvalue weighted by atomic mass is 10.2. The van der Waals surface area contributed by atoms with Crippen molar-refractivity contribution in [2.24, 2.45) is 0 Å². The number of rotatable bonds is 7. The van der Waals surface area contributed by atoms with Crippen LogP contribution in [0.2, 0.25) is 0 Å². The Labute approximate surface area is 170 Å². The Morgan fingerprint density at radius 3 is 2.54 bits per heavy atom. The van der Waals surface area contributed by atoms with Gasteiger partial charge in [-0.2, -0.15) is 5.10 Å². The highest BCUT2D eigenvalue weighted by atomic mass is 32.2. The molecule has 0 saturated heterocycles. The standard InChI is InChI=1S/C22H25N3O2S/c1-15-21(16(2)25(24-15)19-11-6-5-7-12-19)23-22(26)17(3)28-14-18-10-8-9-13-20(18)27-4/h5-13,17H,14H2,1-4H3,(H,23,26). The number of carbonyl (C=O) groups excluding carboxylic acids is 1. The van der Waals surface area contributed by atoms with Crippen LogP contribution in [0.5, 0.6) is 5.75 Å². The van der Waals surface area contributed by atoms with Crippen molar-refractivity contribution in [3.8, 4) is 11.4 Å². The molecule has 1 N–H and O–H groups in total. The summed E-state index contributed by atoms with van der Waals surface area (Å²) in [6.07, 6.45) is 0. The Morgan fingerprint density at radius 1 is 1.14 bits per heavy atom. The Hall–Kier alpha value is -2.73. The first-order chi connectivity index (χ1) is 13.5. The van der Waals surface area contributed by atoms with Gasteiger partial charge in [-0.3, -0.25) is 4.79 Å². The van der Waals surface area contributed by atoms with E-state index in [0.717, 1.165) is 34.1 Å². The number of ether oxygens (including phenoxy) is 1. The number of nitrogens with zero attached hydrogens (tertiary/aromatic N) is 2. The second kappa shape index (κ2) is 8.97. The van der Waals surface area contributed by atoms with Gasteiger partial charge in [-0.05, 0) is 39.0 Å². The van der Waals surface area contributed by atoms with Gasteiger partial charge >= 0.3 is 0 Å². The van der Waals surface area contributed by atoms with E-state index >= 15 is 0 Å². The van der Waals surface area contributed by atoms with Crippen LogP contribution in [-0.2, 0) is 10.5 Å². The molecule has 0 aliphatic carbocycles. The lowest BCUT2D eigenvalue weighted by Crippen LogP contribution is -2.23. The molecule has 1 amide bonds. The second-order valence-corrected chi connectivity index (χ2v) is 7.88. The zero-order valence-electron chi connectivity index (χ0n) is 16.6. The SMILES string of the molecule is COc1ccccc1CSC(C)C(=O)Nc1c(C)nn(-c2ccccc2)c1C. The van der Waals surface area contributed by atoms with Gasteiger partial charge in [-0.25, -0.2) is 4.68 Å². The molecule has 0 radical (unpaired) electrons. The number of benzene rings is 2. The van der Waals surface area contributed by atoms with Gasteiger partial charge in [0.15, 0.2) is 0 Å². The number of hydrogen-bond acceptors (Lipinski definition) is 4. The van der Waals surface area contributed by atoms with Gasteiger partial charge in [0.25, 0.3) is 0 Å². The van der Waals surface area contributed by atoms with E-state index in [1.165, 1.54) is 0 Å². The first kappa shape index (κ1) is 20.0. The number of thioether (sulfide) groups is 1. The lowest BCUT2D eigenvalue weighted by molar-refractivity contribution is -0.115. The van der Waals surface area contributed by atoms with Gasteiger partial charge in [0.05, 0.1) is 35.1 Å². The van der Waals surface area contributed by atoms with Crippen molar-refractivity contribution < 1.29 is 9.53 Å². The summed E-state index contributed by atoms with van der Waals surface area (Å²) in [4.78, 5) is 12.7. The Kier molecular flexibility index (Phi) is 6.41. The van der Waals surface area contributed by atoms with Crippen molar-refractivity contribution in [2.75, 3.05) is 12.4 Å². The van der Waals surface area contributed by atoms with Crippen molar-refractivity contribution in [3.05, 3.63) is 71.5 Å². The molecule has 3 aromatic rings. The van der Waals surface area contributed by atoms with Crippen LogP contribution in [-0.4, -0.2) is 28.0 Å². The third-order valence-corrected chi connectivity index (χ3v) is 5.78. The molecular formula is C22H25N3O2S. The van der Waals surface area contributed by atoms with Crippen LogP contribution in [0, 0.1) is 13.8 Å². The number of methoxy groups -OCH3 is 1. The summed E-state index contributed by atoms with van der Waals surface area (Å²) >= 11 is 1.58. The van der Waals surface area contributed by atoms with E-state index in [1.807, 2.05) is 80.1 Å². The highest BCUT2D eigenvalue weighted by Gasteiger charge is 2.19. The van der Waals surface area contributed by atoms with Crippen LogP contribution in [0.4, 0.5) is 5.69 Å². The highest BCUT2D eigenvalue weighted by molar-refractivity contribution is 7.99. The van der Waals surface area contributed by atoms with Gasteiger partial charge in [-0.1, -0.05) is 36.4 Å². The van der Waals surface area contributed by atoms with E-state index in [1.54, 1.807) is 18.9 Å². The van der Waals surface area contributed by atoms with Crippen LogP contribution >= 0.6 is 11.8 Å². The quantitative estimate of drug-likeness (QED) is 0.627. The van der Waals surface area contributed by atoms with E-state index in [9.17, 15) is 4.79 Å². The molecule has 146 valence electrons. The molecule has 0 saturated carbocycles. The molecule has 0 fully saturated rings. The average molecular weight is 396 g/mol. The summed E-state index contributed by atoms with van der Waals surface area (Å²) in [6.45, 7) is 5.80. The van der Waals surface area contributed by atoms with Gasteiger partial charge in [0.1, 0.15) is 5.75 Å². The smallest absolute Gasteiger partial charge is 0.237 e. The highest BCUT2D eigenvalue weighted by Crippen LogP contribution is 2.27. The zero-order chi connectivity index (χ0) is 20.1. The fourth-order valence-corrected chi connectivity index (χ4v) is 3.86. The predicted octanol–water partition coefficient (Wildman–Crippen LogP) is 4.76. The van der Waals surface area contributed by atoms with E-state index in [4.69, 9.17) is 4.74 Å². The van der Waals surface area contributed by atoms with Crippen molar-refractivity contribution in [2.45, 2.75) is 31.8 Å². The summed E-state index contributed by atoms with van der Waals surface area (Å²) in [6, 6.07) is 17.8. The maximum Gasteiger partial charge on any atom is 0.237 e. The number of para-hydroxylation sites is 2. The van der Waals surface area contributed by atoms with Crippen LogP contribution in [0.1, 0.15) is 23.9 Å². The van der Waals surface area contributed by atoms with Crippen molar-refractivity contribution in [1.29, 1.82) is 0 Å². The number of nitrogens with one attached hydrogen (secondary N) is 1. The van der Waals surface area contributed by atoms with Gasteiger partial charge in [0.2, 0.25) is 5.91 Å². The fourth-order valence-electron chi connectivity index (χ4n) is 2.98. The molecule has 3 rings (SSSR count). The van der Waals surface area contributed by atoms with Crippen LogP contribution in [0.25, 0.3) is 5.69 Å².